The lowest BCUT2D eigenvalue weighted by molar-refractivity contribution is -0.149. The Labute approximate surface area is 252 Å². The third-order valence-corrected chi connectivity index (χ3v) is 7.21. The van der Waals surface area contributed by atoms with Crippen LogP contribution in [0.5, 0.6) is 0 Å². The number of carboxylic acid groups (broad SMARTS) is 3. The number of H-pyrrole nitrogens is 1. The van der Waals surface area contributed by atoms with Gasteiger partial charge in [0.2, 0.25) is 5.91 Å². The van der Waals surface area contributed by atoms with Crippen LogP contribution in [0.4, 0.5) is 5.69 Å². The van der Waals surface area contributed by atoms with Crippen molar-refractivity contribution in [3.63, 3.8) is 0 Å². The van der Waals surface area contributed by atoms with Crippen molar-refractivity contribution < 1.29 is 39.3 Å². The number of imide groups is 1. The number of benzene rings is 2. The Morgan fingerprint density at radius 3 is 2.18 bits per heavy atom. The van der Waals surface area contributed by atoms with Gasteiger partial charge in [0.05, 0.1) is 10.9 Å². The Morgan fingerprint density at radius 2 is 1.61 bits per heavy atom. The Kier molecular flexibility index (Phi) is 10.9. The zero-order chi connectivity index (χ0) is 32.7. The van der Waals surface area contributed by atoms with Crippen molar-refractivity contribution in [2.24, 2.45) is 5.73 Å². The zero-order valence-corrected chi connectivity index (χ0v) is 24.6. The number of aliphatic carboxylic acids is 3. The summed E-state index contributed by atoms with van der Waals surface area (Å²) in [6, 6.07) is 6.52. The smallest absolute Gasteiger partial charge is 0.326 e. The van der Waals surface area contributed by atoms with Gasteiger partial charge in [-0.1, -0.05) is 0 Å². The van der Waals surface area contributed by atoms with Crippen LogP contribution in [0.3, 0.4) is 0 Å². The first-order chi connectivity index (χ1) is 20.7. The average Bonchev–Trinajstić information content (AvgIpc) is 2.96. The van der Waals surface area contributed by atoms with Crippen molar-refractivity contribution in [1.29, 1.82) is 0 Å². The number of fused-ring (bicyclic) bond motifs is 1. The molecule has 3 aromatic rings. The highest BCUT2D eigenvalue weighted by molar-refractivity contribution is 6.07. The maximum atomic E-state index is 13.5. The fourth-order valence-corrected chi connectivity index (χ4v) is 4.74. The van der Waals surface area contributed by atoms with Crippen LogP contribution in [0.25, 0.3) is 10.9 Å². The number of anilines is 1. The van der Waals surface area contributed by atoms with Gasteiger partial charge in [-0.2, -0.15) is 0 Å². The van der Waals surface area contributed by atoms with E-state index in [4.69, 9.17) is 15.9 Å². The van der Waals surface area contributed by atoms with Crippen LogP contribution >= 0.6 is 0 Å². The van der Waals surface area contributed by atoms with E-state index in [2.05, 4.69) is 9.97 Å². The van der Waals surface area contributed by atoms with E-state index < -0.39 is 61.1 Å². The molecule has 44 heavy (non-hydrogen) atoms. The molecule has 0 saturated heterocycles. The third kappa shape index (κ3) is 8.04. The van der Waals surface area contributed by atoms with Crippen LogP contribution in [0, 0.1) is 13.8 Å². The summed E-state index contributed by atoms with van der Waals surface area (Å²) in [6.07, 6.45) is -2.06. The molecule has 0 bridgehead atoms. The number of aryl methyl sites for hydroxylation is 2. The van der Waals surface area contributed by atoms with Gasteiger partial charge < -0.3 is 30.9 Å². The lowest BCUT2D eigenvalue weighted by Crippen LogP contribution is -2.49. The summed E-state index contributed by atoms with van der Waals surface area (Å²) in [5.74, 6) is -5.72. The summed E-state index contributed by atoms with van der Waals surface area (Å²) in [4.78, 5) is 82.9. The molecule has 2 amide bonds. The fraction of sp³-hybridized carbons (Fsp3) is 0.367. The molecule has 0 aliphatic rings. The van der Waals surface area contributed by atoms with E-state index in [1.54, 1.807) is 25.1 Å². The number of aromatic nitrogens is 2. The molecule has 0 saturated carbocycles. The van der Waals surface area contributed by atoms with Crippen LogP contribution in [0.1, 0.15) is 59.9 Å². The second kappa shape index (κ2) is 14.4. The molecular formula is C30H35N5O9. The summed E-state index contributed by atoms with van der Waals surface area (Å²) in [7, 11) is 0. The van der Waals surface area contributed by atoms with Gasteiger partial charge in [-0.25, -0.2) is 9.78 Å². The molecule has 1 aromatic heterocycles. The number of hydrogen-bond acceptors (Lipinski definition) is 9. The number of rotatable bonds is 14. The van der Waals surface area contributed by atoms with Crippen molar-refractivity contribution in [1.82, 2.24) is 14.9 Å². The number of hydrogen-bond donors (Lipinski definition) is 5. The Balaban J connectivity index is 1.90. The van der Waals surface area contributed by atoms with Crippen molar-refractivity contribution in [2.75, 3.05) is 11.4 Å². The lowest BCUT2D eigenvalue weighted by Gasteiger charge is -2.28. The predicted octanol–water partition coefficient (Wildman–Crippen LogP) is 2.05. The largest absolute Gasteiger partial charge is 0.481 e. The molecule has 14 nitrogen and oxygen atoms in total. The maximum Gasteiger partial charge on any atom is 0.326 e. The topological polar surface area (TPSA) is 224 Å². The molecular weight excluding hydrogens is 574 g/mol. The number of nitrogens with one attached hydrogen (secondary N) is 1. The SMILES string of the molecule is CCN(Cc1cc2c(=O)[nH]c(C)nc2cc1C)c1ccc(C(=O)N(C(=O)CC[C@H](N)C(=O)O)[C@H](CCC(=O)O)C(=O)O)cc1. The number of nitrogens with two attached hydrogens (primary N) is 1. The van der Waals surface area contributed by atoms with Crippen LogP contribution in [-0.4, -0.2) is 78.5 Å². The second-order valence-corrected chi connectivity index (χ2v) is 10.3. The minimum Gasteiger partial charge on any atom is -0.481 e. The summed E-state index contributed by atoms with van der Waals surface area (Å²) in [5, 5.41) is 28.3. The number of carbonyl (C=O) groups excluding carboxylic acids is 2. The Bertz CT molecular complexity index is 1630. The number of carbonyl (C=O) groups is 5. The van der Waals surface area contributed by atoms with E-state index in [9.17, 15) is 33.9 Å². The minimum atomic E-state index is -1.80. The van der Waals surface area contributed by atoms with Crippen LogP contribution < -0.4 is 16.2 Å². The standard InChI is InChI=1S/C30H35N5O9/c1-4-34(15-19-14-21-23(13-16(19)2)32-17(3)33-27(21)39)20-7-5-18(6-8-20)28(40)35(24(30(43)44)10-12-26(37)38)25(36)11-9-22(31)29(41)42/h5-8,13-14,22,24H,4,9-12,15,31H2,1-3H3,(H,37,38)(H,41,42)(H,43,44)(H,32,33,39)/t22-,24+/m0/s1. The van der Waals surface area contributed by atoms with E-state index in [0.717, 1.165) is 11.1 Å². The molecule has 234 valence electrons. The van der Waals surface area contributed by atoms with Gasteiger partial charge in [0.15, 0.2) is 0 Å². The van der Waals surface area contributed by atoms with Gasteiger partial charge >= 0.3 is 17.9 Å². The van der Waals surface area contributed by atoms with E-state index in [1.807, 2.05) is 24.8 Å². The third-order valence-electron chi connectivity index (χ3n) is 7.21. The molecule has 0 spiro atoms. The van der Waals surface area contributed by atoms with Crippen molar-refractivity contribution >= 4 is 46.3 Å². The van der Waals surface area contributed by atoms with Gasteiger partial charge in [0.1, 0.15) is 17.9 Å². The summed E-state index contributed by atoms with van der Waals surface area (Å²) in [6.45, 7) is 6.52. The van der Waals surface area contributed by atoms with Crippen molar-refractivity contribution in [3.8, 4) is 0 Å². The molecule has 6 N–H and O–H groups in total. The predicted molar refractivity (Wildman–Crippen MR) is 159 cm³/mol. The maximum absolute atomic E-state index is 13.5. The van der Waals surface area contributed by atoms with E-state index >= 15 is 0 Å². The second-order valence-electron chi connectivity index (χ2n) is 10.3. The lowest BCUT2D eigenvalue weighted by atomic mass is 10.0. The number of aromatic amines is 1. The summed E-state index contributed by atoms with van der Waals surface area (Å²) < 4.78 is 0. The average molecular weight is 610 g/mol. The molecule has 2 atom stereocenters. The molecule has 14 heteroatoms. The van der Waals surface area contributed by atoms with E-state index in [0.29, 0.717) is 40.4 Å². The number of carboxylic acids is 3. The highest BCUT2D eigenvalue weighted by atomic mass is 16.4. The van der Waals surface area contributed by atoms with Gasteiger partial charge in [-0.3, -0.25) is 28.9 Å². The fourth-order valence-electron chi connectivity index (χ4n) is 4.74. The van der Waals surface area contributed by atoms with E-state index in [1.165, 1.54) is 12.1 Å². The first-order valence-corrected chi connectivity index (χ1v) is 13.9. The first-order valence-electron chi connectivity index (χ1n) is 13.9. The summed E-state index contributed by atoms with van der Waals surface area (Å²) >= 11 is 0. The van der Waals surface area contributed by atoms with Crippen LogP contribution in [0.15, 0.2) is 41.2 Å². The normalized spacial score (nSPS) is 12.4. The van der Waals surface area contributed by atoms with Crippen molar-refractivity contribution in [3.05, 3.63) is 69.3 Å². The molecule has 0 fully saturated rings. The Hall–Kier alpha value is -5.11. The van der Waals surface area contributed by atoms with E-state index in [-0.39, 0.29) is 17.5 Å². The monoisotopic (exact) mass is 609 g/mol. The minimum absolute atomic E-state index is 0.0304. The molecule has 3 rings (SSSR count). The quantitative estimate of drug-likeness (QED) is 0.177. The molecule has 1 heterocycles. The van der Waals surface area contributed by atoms with Crippen molar-refractivity contribution in [2.45, 2.75) is 65.1 Å². The zero-order valence-electron chi connectivity index (χ0n) is 24.6. The van der Waals surface area contributed by atoms with Gasteiger partial charge in [0.25, 0.3) is 11.5 Å². The van der Waals surface area contributed by atoms with Gasteiger partial charge in [0, 0.05) is 37.2 Å². The molecule has 0 radical (unpaired) electrons. The molecule has 0 unspecified atom stereocenters. The first kappa shape index (κ1) is 33.4. The van der Waals surface area contributed by atoms with Gasteiger partial charge in [-0.05, 0) is 81.1 Å². The highest BCUT2D eigenvalue weighted by Gasteiger charge is 2.36. The number of nitrogens with zero attached hydrogens (tertiary/aromatic N) is 3. The summed E-state index contributed by atoms with van der Waals surface area (Å²) in [5.41, 5.74) is 8.30. The molecule has 2 aromatic carbocycles. The number of amides is 2. The molecule has 0 aliphatic heterocycles. The molecule has 0 aliphatic carbocycles. The van der Waals surface area contributed by atoms with Crippen LogP contribution in [0.2, 0.25) is 0 Å². The Morgan fingerprint density at radius 1 is 0.955 bits per heavy atom. The highest BCUT2D eigenvalue weighted by Crippen LogP contribution is 2.24. The van der Waals surface area contributed by atoms with Gasteiger partial charge in [-0.15, -0.1) is 0 Å². The van der Waals surface area contributed by atoms with Crippen LogP contribution in [-0.2, 0) is 25.7 Å².